The first-order chi connectivity index (χ1) is 9.93. The Hall–Kier alpha value is -1.69. The Morgan fingerprint density at radius 3 is 2.62 bits per heavy atom. The fourth-order valence-corrected chi connectivity index (χ4v) is 2.78. The van der Waals surface area contributed by atoms with Gasteiger partial charge in [0, 0.05) is 36.1 Å². The minimum atomic E-state index is -0.902. The fourth-order valence-electron chi connectivity index (χ4n) is 2.78. The van der Waals surface area contributed by atoms with Gasteiger partial charge in [-0.1, -0.05) is 6.92 Å². The van der Waals surface area contributed by atoms with E-state index in [9.17, 15) is 9.59 Å². The molecule has 2 rings (SSSR count). The molecule has 1 aromatic rings. The van der Waals surface area contributed by atoms with Crippen LogP contribution in [0, 0.1) is 13.8 Å². The van der Waals surface area contributed by atoms with E-state index in [1.54, 1.807) is 11.5 Å². The number of aryl methyl sites for hydroxylation is 1. The summed E-state index contributed by atoms with van der Waals surface area (Å²) in [5.41, 5.74) is 1.61. The summed E-state index contributed by atoms with van der Waals surface area (Å²) in [6.45, 7) is 7.96. The molecule has 0 aromatic carbocycles. The number of carboxylic acids is 1. The van der Waals surface area contributed by atoms with E-state index in [0.29, 0.717) is 23.8 Å². The molecule has 0 bridgehead atoms. The van der Waals surface area contributed by atoms with E-state index >= 15 is 0 Å². The van der Waals surface area contributed by atoms with E-state index in [0.717, 1.165) is 18.8 Å². The van der Waals surface area contributed by atoms with Crippen molar-refractivity contribution in [1.29, 1.82) is 0 Å². The molecule has 0 aliphatic heterocycles. The Balaban J connectivity index is 2.21. The highest BCUT2D eigenvalue weighted by molar-refractivity contribution is 5.70. The summed E-state index contributed by atoms with van der Waals surface area (Å²) in [7, 11) is 0. The molecule has 1 aliphatic rings. The van der Waals surface area contributed by atoms with E-state index in [2.05, 4.69) is 16.8 Å². The molecule has 1 N–H and O–H groups in total. The van der Waals surface area contributed by atoms with Gasteiger partial charge in [-0.2, -0.15) is 4.98 Å². The van der Waals surface area contributed by atoms with E-state index < -0.39 is 5.97 Å². The molecular formula is C15H23N3O3. The number of aromatic nitrogens is 2. The Morgan fingerprint density at radius 2 is 2.10 bits per heavy atom. The highest BCUT2D eigenvalue weighted by atomic mass is 16.4. The SMILES string of the molecule is CCN(CCn1c(C)c(CC(=O)O)c(C)nc1=O)C1CC1. The minimum absolute atomic E-state index is 0.0922. The van der Waals surface area contributed by atoms with Crippen molar-refractivity contribution in [3.8, 4) is 0 Å². The zero-order valence-electron chi connectivity index (χ0n) is 12.9. The van der Waals surface area contributed by atoms with Crippen LogP contribution in [0.3, 0.4) is 0 Å². The summed E-state index contributed by atoms with van der Waals surface area (Å²) in [5, 5.41) is 8.99. The normalized spacial score (nSPS) is 14.7. The molecule has 0 unspecified atom stereocenters. The van der Waals surface area contributed by atoms with Crippen LogP contribution in [-0.2, 0) is 17.8 Å². The predicted molar refractivity (Wildman–Crippen MR) is 79.6 cm³/mol. The zero-order valence-corrected chi connectivity index (χ0v) is 12.9. The quantitative estimate of drug-likeness (QED) is 0.811. The van der Waals surface area contributed by atoms with Crippen molar-refractivity contribution in [2.24, 2.45) is 0 Å². The maximum absolute atomic E-state index is 12.1. The Kier molecular flexibility index (Phi) is 4.77. The highest BCUT2D eigenvalue weighted by Crippen LogP contribution is 2.26. The van der Waals surface area contributed by atoms with Gasteiger partial charge in [0.25, 0.3) is 0 Å². The summed E-state index contributed by atoms with van der Waals surface area (Å²) in [6.07, 6.45) is 2.38. The number of nitrogens with zero attached hydrogens (tertiary/aromatic N) is 3. The maximum atomic E-state index is 12.1. The molecule has 0 amide bonds. The van der Waals surface area contributed by atoms with E-state index in [4.69, 9.17) is 5.11 Å². The van der Waals surface area contributed by atoms with Gasteiger partial charge in [0.1, 0.15) is 0 Å². The van der Waals surface area contributed by atoms with Gasteiger partial charge in [-0.05, 0) is 33.2 Å². The minimum Gasteiger partial charge on any atom is -0.481 e. The molecule has 21 heavy (non-hydrogen) atoms. The lowest BCUT2D eigenvalue weighted by molar-refractivity contribution is -0.136. The van der Waals surface area contributed by atoms with Crippen LogP contribution in [-0.4, -0.2) is 44.7 Å². The van der Waals surface area contributed by atoms with Crippen LogP contribution in [0.5, 0.6) is 0 Å². The smallest absolute Gasteiger partial charge is 0.348 e. The zero-order chi connectivity index (χ0) is 15.6. The van der Waals surface area contributed by atoms with Crippen LogP contribution in [0.1, 0.15) is 36.7 Å². The third-order valence-electron chi connectivity index (χ3n) is 4.18. The van der Waals surface area contributed by atoms with Gasteiger partial charge in [-0.3, -0.25) is 14.3 Å². The van der Waals surface area contributed by atoms with Gasteiger partial charge in [0.05, 0.1) is 6.42 Å². The Labute approximate surface area is 124 Å². The molecule has 0 atom stereocenters. The van der Waals surface area contributed by atoms with Crippen molar-refractivity contribution in [3.05, 3.63) is 27.4 Å². The van der Waals surface area contributed by atoms with Crippen molar-refractivity contribution in [2.75, 3.05) is 13.1 Å². The van der Waals surface area contributed by atoms with Gasteiger partial charge in [0.2, 0.25) is 0 Å². The van der Waals surface area contributed by atoms with E-state index in [-0.39, 0.29) is 12.1 Å². The van der Waals surface area contributed by atoms with Crippen molar-refractivity contribution in [2.45, 2.75) is 52.6 Å². The topological polar surface area (TPSA) is 75.4 Å². The number of rotatable bonds is 7. The van der Waals surface area contributed by atoms with Gasteiger partial charge < -0.3 is 5.11 Å². The fraction of sp³-hybridized carbons (Fsp3) is 0.667. The number of carboxylic acid groups (broad SMARTS) is 1. The van der Waals surface area contributed by atoms with E-state index in [1.165, 1.54) is 12.8 Å². The third-order valence-corrected chi connectivity index (χ3v) is 4.18. The largest absolute Gasteiger partial charge is 0.481 e. The first kappa shape index (κ1) is 15.7. The summed E-state index contributed by atoms with van der Waals surface area (Å²) in [6, 6.07) is 0.655. The van der Waals surface area contributed by atoms with Crippen LogP contribution in [0.4, 0.5) is 0 Å². The average molecular weight is 293 g/mol. The summed E-state index contributed by atoms with van der Waals surface area (Å²) in [5.74, 6) is -0.902. The average Bonchev–Trinajstić information content (AvgIpc) is 3.23. The lowest BCUT2D eigenvalue weighted by atomic mass is 10.1. The van der Waals surface area contributed by atoms with E-state index in [1.807, 2.05) is 6.92 Å². The summed E-state index contributed by atoms with van der Waals surface area (Å²) in [4.78, 5) is 29.4. The Morgan fingerprint density at radius 1 is 1.43 bits per heavy atom. The van der Waals surface area contributed by atoms with Gasteiger partial charge in [-0.15, -0.1) is 0 Å². The van der Waals surface area contributed by atoms with Crippen LogP contribution < -0.4 is 5.69 Å². The molecule has 1 aliphatic carbocycles. The van der Waals surface area contributed by atoms with Crippen molar-refractivity contribution in [1.82, 2.24) is 14.5 Å². The molecular weight excluding hydrogens is 270 g/mol. The summed E-state index contributed by atoms with van der Waals surface area (Å²) < 4.78 is 1.61. The molecule has 1 aromatic heterocycles. The number of likely N-dealkylation sites (N-methyl/N-ethyl adjacent to an activating group) is 1. The molecule has 1 heterocycles. The molecule has 6 nitrogen and oxygen atoms in total. The molecule has 6 heteroatoms. The highest BCUT2D eigenvalue weighted by Gasteiger charge is 2.27. The lowest BCUT2D eigenvalue weighted by Crippen LogP contribution is -2.35. The molecule has 1 fully saturated rings. The first-order valence-electron chi connectivity index (χ1n) is 7.46. The second kappa shape index (κ2) is 6.39. The van der Waals surface area contributed by atoms with Gasteiger partial charge in [-0.25, -0.2) is 4.79 Å². The van der Waals surface area contributed by atoms with Crippen molar-refractivity contribution in [3.63, 3.8) is 0 Å². The number of hydrogen-bond acceptors (Lipinski definition) is 4. The van der Waals surface area contributed by atoms with Gasteiger partial charge >= 0.3 is 11.7 Å². The van der Waals surface area contributed by atoms with Crippen molar-refractivity contribution < 1.29 is 9.90 Å². The van der Waals surface area contributed by atoms with Crippen LogP contribution in [0.15, 0.2) is 4.79 Å². The maximum Gasteiger partial charge on any atom is 0.348 e. The number of carbonyl (C=O) groups is 1. The Bertz CT molecular complexity index is 591. The molecule has 116 valence electrons. The standard InChI is InChI=1S/C15H23N3O3/c1-4-17(12-5-6-12)7-8-18-11(3)13(9-14(19)20)10(2)16-15(18)21/h12H,4-9H2,1-3H3,(H,19,20). The second-order valence-corrected chi connectivity index (χ2v) is 5.63. The first-order valence-corrected chi connectivity index (χ1v) is 7.46. The van der Waals surface area contributed by atoms with Crippen LogP contribution in [0.25, 0.3) is 0 Å². The van der Waals surface area contributed by atoms with Crippen LogP contribution in [0.2, 0.25) is 0 Å². The predicted octanol–water partition coefficient (Wildman–Crippen LogP) is 0.972. The molecule has 0 spiro atoms. The molecule has 0 radical (unpaired) electrons. The number of aliphatic carboxylic acids is 1. The van der Waals surface area contributed by atoms with Gasteiger partial charge in [0.15, 0.2) is 0 Å². The summed E-state index contributed by atoms with van der Waals surface area (Å²) >= 11 is 0. The lowest BCUT2D eigenvalue weighted by Gasteiger charge is -2.21. The second-order valence-electron chi connectivity index (χ2n) is 5.63. The number of hydrogen-bond donors (Lipinski definition) is 1. The molecule has 0 saturated heterocycles. The van der Waals surface area contributed by atoms with Crippen LogP contribution >= 0.6 is 0 Å². The van der Waals surface area contributed by atoms with Crippen molar-refractivity contribution >= 4 is 5.97 Å². The monoisotopic (exact) mass is 293 g/mol. The third kappa shape index (κ3) is 3.69. The molecule has 1 saturated carbocycles.